The highest BCUT2D eigenvalue weighted by atomic mass is 19.1. The summed E-state index contributed by atoms with van der Waals surface area (Å²) in [7, 11) is 0. The van der Waals surface area contributed by atoms with Crippen molar-refractivity contribution in [2.45, 2.75) is 13.5 Å². The number of halogens is 1. The lowest BCUT2D eigenvalue weighted by atomic mass is 10.1. The molecule has 1 fully saturated rings. The molecule has 0 atom stereocenters. The van der Waals surface area contributed by atoms with E-state index >= 15 is 0 Å². The monoisotopic (exact) mass is 279 g/mol. The number of primary amides is 1. The summed E-state index contributed by atoms with van der Waals surface area (Å²) in [6.45, 7) is 5.10. The Kier molecular flexibility index (Phi) is 4.34. The number of carbonyl (C=O) groups is 2. The normalized spacial score (nSPS) is 16.2. The van der Waals surface area contributed by atoms with Crippen molar-refractivity contribution in [1.82, 2.24) is 9.80 Å². The average molecular weight is 279 g/mol. The molecule has 0 aromatic heterocycles. The van der Waals surface area contributed by atoms with Crippen molar-refractivity contribution < 1.29 is 14.0 Å². The Morgan fingerprint density at radius 1 is 1.25 bits per heavy atom. The van der Waals surface area contributed by atoms with Crippen molar-refractivity contribution in [1.29, 1.82) is 0 Å². The third-order valence-electron chi connectivity index (χ3n) is 3.52. The Bertz CT molecular complexity index is 525. The SMILES string of the molecule is CC(=O)N1CCN(Cc2ccc(F)c(C(N)=O)c2)CC1. The topological polar surface area (TPSA) is 66.6 Å². The number of hydrogen-bond acceptors (Lipinski definition) is 3. The minimum atomic E-state index is -0.759. The van der Waals surface area contributed by atoms with E-state index < -0.39 is 11.7 Å². The highest BCUT2D eigenvalue weighted by Crippen LogP contribution is 2.13. The Morgan fingerprint density at radius 2 is 1.90 bits per heavy atom. The molecule has 2 amide bonds. The summed E-state index contributed by atoms with van der Waals surface area (Å²) in [5.41, 5.74) is 5.90. The van der Waals surface area contributed by atoms with Crippen LogP contribution in [0.2, 0.25) is 0 Å². The lowest BCUT2D eigenvalue weighted by Gasteiger charge is -2.34. The van der Waals surface area contributed by atoms with Gasteiger partial charge in [0.2, 0.25) is 5.91 Å². The van der Waals surface area contributed by atoms with Gasteiger partial charge in [-0.2, -0.15) is 0 Å². The van der Waals surface area contributed by atoms with E-state index in [1.165, 1.54) is 12.1 Å². The second-order valence-electron chi connectivity index (χ2n) is 4.96. The van der Waals surface area contributed by atoms with Crippen LogP contribution in [0.15, 0.2) is 18.2 Å². The van der Waals surface area contributed by atoms with E-state index in [0.717, 1.165) is 18.7 Å². The standard InChI is InChI=1S/C14H18FN3O2/c1-10(19)18-6-4-17(5-7-18)9-11-2-3-13(15)12(8-11)14(16)20/h2-3,8H,4-7,9H2,1H3,(H2,16,20). The van der Waals surface area contributed by atoms with Crippen LogP contribution in [0.1, 0.15) is 22.8 Å². The lowest BCUT2D eigenvalue weighted by molar-refractivity contribution is -0.130. The predicted octanol–water partition coefficient (Wildman–Crippen LogP) is 0.589. The number of rotatable bonds is 3. The van der Waals surface area contributed by atoms with E-state index in [2.05, 4.69) is 4.90 Å². The molecule has 0 saturated carbocycles. The Morgan fingerprint density at radius 3 is 2.45 bits per heavy atom. The summed E-state index contributed by atoms with van der Waals surface area (Å²) < 4.78 is 13.4. The number of nitrogens with zero attached hydrogens (tertiary/aromatic N) is 2. The van der Waals surface area contributed by atoms with Crippen molar-refractivity contribution in [3.8, 4) is 0 Å². The summed E-state index contributed by atoms with van der Waals surface area (Å²) in [6.07, 6.45) is 0. The zero-order valence-corrected chi connectivity index (χ0v) is 11.4. The highest BCUT2D eigenvalue weighted by Gasteiger charge is 2.19. The third kappa shape index (κ3) is 3.33. The molecule has 5 nitrogen and oxygen atoms in total. The molecule has 0 spiro atoms. The van der Waals surface area contributed by atoms with Crippen LogP contribution in [0.25, 0.3) is 0 Å². The smallest absolute Gasteiger partial charge is 0.251 e. The first-order valence-electron chi connectivity index (χ1n) is 6.53. The second kappa shape index (κ2) is 6.00. The highest BCUT2D eigenvalue weighted by molar-refractivity contribution is 5.93. The first-order valence-corrected chi connectivity index (χ1v) is 6.53. The van der Waals surface area contributed by atoms with Crippen molar-refractivity contribution in [2.75, 3.05) is 26.2 Å². The molecule has 108 valence electrons. The van der Waals surface area contributed by atoms with E-state index in [-0.39, 0.29) is 11.5 Å². The first-order chi connectivity index (χ1) is 9.47. The van der Waals surface area contributed by atoms with Gasteiger partial charge in [0.25, 0.3) is 5.91 Å². The molecule has 1 heterocycles. The average Bonchev–Trinajstić information content (AvgIpc) is 2.41. The Hall–Kier alpha value is -1.95. The van der Waals surface area contributed by atoms with Gasteiger partial charge in [0.05, 0.1) is 5.56 Å². The fourth-order valence-corrected chi connectivity index (χ4v) is 2.34. The van der Waals surface area contributed by atoms with E-state index in [1.54, 1.807) is 17.9 Å². The van der Waals surface area contributed by atoms with Crippen molar-refractivity contribution in [3.05, 3.63) is 35.1 Å². The van der Waals surface area contributed by atoms with E-state index in [4.69, 9.17) is 5.73 Å². The van der Waals surface area contributed by atoms with Gasteiger partial charge in [-0.15, -0.1) is 0 Å². The largest absolute Gasteiger partial charge is 0.366 e. The van der Waals surface area contributed by atoms with E-state index in [1.807, 2.05) is 0 Å². The number of hydrogen-bond donors (Lipinski definition) is 1. The van der Waals surface area contributed by atoms with Gasteiger partial charge in [0.15, 0.2) is 0 Å². The van der Waals surface area contributed by atoms with Gasteiger partial charge in [-0.05, 0) is 17.7 Å². The molecular weight excluding hydrogens is 261 g/mol. The van der Waals surface area contributed by atoms with Crippen LogP contribution in [0.5, 0.6) is 0 Å². The first kappa shape index (κ1) is 14.5. The fourth-order valence-electron chi connectivity index (χ4n) is 2.34. The molecule has 1 aromatic carbocycles. The second-order valence-corrected chi connectivity index (χ2v) is 4.96. The molecule has 1 aliphatic heterocycles. The molecule has 20 heavy (non-hydrogen) atoms. The van der Waals surface area contributed by atoms with Crippen molar-refractivity contribution >= 4 is 11.8 Å². The van der Waals surface area contributed by atoms with Gasteiger partial charge in [-0.1, -0.05) is 6.07 Å². The minimum absolute atomic E-state index is 0.0788. The van der Waals surface area contributed by atoms with Crippen molar-refractivity contribution in [3.63, 3.8) is 0 Å². The van der Waals surface area contributed by atoms with Crippen molar-refractivity contribution in [2.24, 2.45) is 5.73 Å². The molecule has 0 radical (unpaired) electrons. The summed E-state index contributed by atoms with van der Waals surface area (Å²) >= 11 is 0. The van der Waals surface area contributed by atoms with Crippen LogP contribution in [0.4, 0.5) is 4.39 Å². The molecule has 2 rings (SSSR count). The fraction of sp³-hybridized carbons (Fsp3) is 0.429. The quantitative estimate of drug-likeness (QED) is 0.880. The van der Waals surface area contributed by atoms with Crippen LogP contribution in [0.3, 0.4) is 0 Å². The molecule has 1 aromatic rings. The van der Waals surface area contributed by atoms with Crippen LogP contribution in [-0.2, 0) is 11.3 Å². The maximum Gasteiger partial charge on any atom is 0.251 e. The molecule has 0 unspecified atom stereocenters. The maximum atomic E-state index is 13.4. The van der Waals surface area contributed by atoms with Gasteiger partial charge >= 0.3 is 0 Å². The van der Waals surface area contributed by atoms with Gasteiger partial charge in [0.1, 0.15) is 5.82 Å². The minimum Gasteiger partial charge on any atom is -0.366 e. The van der Waals surface area contributed by atoms with Gasteiger partial charge in [-0.25, -0.2) is 4.39 Å². The summed E-state index contributed by atoms with van der Waals surface area (Å²) in [6, 6.07) is 4.41. The van der Waals surface area contributed by atoms with Gasteiger partial charge in [0, 0.05) is 39.6 Å². The van der Waals surface area contributed by atoms with Crippen LogP contribution in [-0.4, -0.2) is 47.8 Å². The third-order valence-corrected chi connectivity index (χ3v) is 3.52. The lowest BCUT2D eigenvalue weighted by Crippen LogP contribution is -2.47. The van der Waals surface area contributed by atoms with Gasteiger partial charge < -0.3 is 10.6 Å². The zero-order valence-electron chi connectivity index (χ0n) is 11.4. The van der Waals surface area contributed by atoms with Gasteiger partial charge in [-0.3, -0.25) is 14.5 Å². The molecule has 1 saturated heterocycles. The number of piperazine rings is 1. The van der Waals surface area contributed by atoms with Crippen LogP contribution < -0.4 is 5.73 Å². The number of amides is 2. The molecular formula is C14H18FN3O2. The molecule has 6 heteroatoms. The molecule has 1 aliphatic rings. The molecule has 0 bridgehead atoms. The predicted molar refractivity (Wildman–Crippen MR) is 72.4 cm³/mol. The zero-order chi connectivity index (χ0) is 14.7. The van der Waals surface area contributed by atoms with E-state index in [9.17, 15) is 14.0 Å². The Balaban J connectivity index is 1.99. The summed E-state index contributed by atoms with van der Waals surface area (Å²) in [5.74, 6) is -1.27. The van der Waals surface area contributed by atoms with E-state index in [0.29, 0.717) is 19.6 Å². The number of carbonyl (C=O) groups excluding carboxylic acids is 2. The maximum absolute atomic E-state index is 13.4. The Labute approximate surface area is 117 Å². The summed E-state index contributed by atoms with van der Waals surface area (Å²) in [4.78, 5) is 26.3. The molecule has 2 N–H and O–H groups in total. The van der Waals surface area contributed by atoms with Crippen LogP contribution in [0, 0.1) is 5.82 Å². The summed E-state index contributed by atoms with van der Waals surface area (Å²) in [5, 5.41) is 0. The number of nitrogens with two attached hydrogens (primary N) is 1. The van der Waals surface area contributed by atoms with Crippen LogP contribution >= 0.6 is 0 Å². The molecule has 0 aliphatic carbocycles. The number of benzene rings is 1.